The molecule has 2 aromatic carbocycles. The summed E-state index contributed by atoms with van der Waals surface area (Å²) in [6, 6.07) is 11.4. The van der Waals surface area contributed by atoms with E-state index in [2.05, 4.69) is 15.8 Å². The Labute approximate surface area is 129 Å². The molecule has 0 unspecified atom stereocenters. The third-order valence-electron chi connectivity index (χ3n) is 2.79. The number of hydrogen-bond acceptors (Lipinski definition) is 3. The molecule has 0 atom stereocenters. The van der Waals surface area contributed by atoms with E-state index in [9.17, 15) is 4.39 Å². The first-order valence-electron chi connectivity index (χ1n) is 6.01. The summed E-state index contributed by atoms with van der Waals surface area (Å²) in [5.41, 5.74) is 0.824. The van der Waals surface area contributed by atoms with Crippen LogP contribution in [0.4, 0.5) is 15.9 Å². The van der Waals surface area contributed by atoms with Crippen LogP contribution < -0.4 is 10.6 Å². The van der Waals surface area contributed by atoms with E-state index in [4.69, 9.17) is 28.3 Å². The highest BCUT2D eigenvalue weighted by atomic mass is 35.5. The number of aromatic nitrogens is 1. The minimum Gasteiger partial charge on any atom is -0.354 e. The molecule has 0 aliphatic carbocycles. The number of thiocarbonyl (C=S) groups is 1. The van der Waals surface area contributed by atoms with Crippen molar-refractivity contribution in [3.63, 3.8) is 0 Å². The first-order valence-corrected chi connectivity index (χ1v) is 6.79. The number of fused-ring (bicyclic) bond motifs is 1. The molecular weight excluding hydrogens is 313 g/mol. The van der Waals surface area contributed by atoms with E-state index in [0.717, 1.165) is 5.39 Å². The summed E-state index contributed by atoms with van der Waals surface area (Å²) in [7, 11) is 0. The van der Waals surface area contributed by atoms with Gasteiger partial charge in [-0.3, -0.25) is 0 Å². The second-order valence-electron chi connectivity index (χ2n) is 4.23. The van der Waals surface area contributed by atoms with Crippen molar-refractivity contribution in [2.45, 2.75) is 0 Å². The molecule has 0 aliphatic heterocycles. The Morgan fingerprint density at radius 3 is 2.81 bits per heavy atom. The van der Waals surface area contributed by atoms with Crippen molar-refractivity contribution < 1.29 is 8.91 Å². The smallest absolute Gasteiger partial charge is 0.183 e. The molecule has 0 saturated carbocycles. The van der Waals surface area contributed by atoms with E-state index in [1.807, 2.05) is 0 Å². The lowest BCUT2D eigenvalue weighted by molar-refractivity contribution is 0.460. The summed E-state index contributed by atoms with van der Waals surface area (Å²) in [4.78, 5) is 0. The second-order valence-corrected chi connectivity index (χ2v) is 5.08. The van der Waals surface area contributed by atoms with Crippen LogP contribution in [0.15, 0.2) is 47.0 Å². The molecule has 0 fully saturated rings. The molecule has 3 aromatic rings. The molecule has 21 heavy (non-hydrogen) atoms. The molecule has 0 aliphatic rings. The molecule has 106 valence electrons. The maximum atomic E-state index is 13.5. The van der Waals surface area contributed by atoms with Gasteiger partial charge in [-0.15, -0.1) is 0 Å². The van der Waals surface area contributed by atoms with Gasteiger partial charge in [0.2, 0.25) is 0 Å². The van der Waals surface area contributed by atoms with E-state index in [0.29, 0.717) is 16.4 Å². The fraction of sp³-hybridized carbons (Fsp3) is 0. The van der Waals surface area contributed by atoms with E-state index in [-0.39, 0.29) is 10.8 Å². The van der Waals surface area contributed by atoms with E-state index in [1.54, 1.807) is 36.4 Å². The van der Waals surface area contributed by atoms with Gasteiger partial charge in [0.05, 0.1) is 11.1 Å². The van der Waals surface area contributed by atoms with Gasteiger partial charge in [-0.1, -0.05) is 28.9 Å². The van der Waals surface area contributed by atoms with Gasteiger partial charge in [0.1, 0.15) is 5.82 Å². The standard InChI is InChI=1S/C14H9ClFN3OS/c15-8-5-6-9-12(7-8)20-19-13(9)18-14(21)17-11-4-2-1-3-10(11)16/h1-7H,(H2,17,18,19,21). The normalized spacial score (nSPS) is 10.6. The number of anilines is 2. The Balaban J connectivity index is 1.79. The van der Waals surface area contributed by atoms with Gasteiger partial charge in [0, 0.05) is 11.1 Å². The first kappa shape index (κ1) is 13.8. The molecule has 7 heteroatoms. The molecule has 0 radical (unpaired) electrons. The average Bonchev–Trinajstić information content (AvgIpc) is 2.83. The van der Waals surface area contributed by atoms with Crippen molar-refractivity contribution in [3.8, 4) is 0 Å². The Morgan fingerprint density at radius 2 is 2.00 bits per heavy atom. The summed E-state index contributed by atoms with van der Waals surface area (Å²) >= 11 is 11.0. The molecule has 0 spiro atoms. The van der Waals surface area contributed by atoms with Gasteiger partial charge < -0.3 is 15.2 Å². The van der Waals surface area contributed by atoms with Crippen molar-refractivity contribution in [1.29, 1.82) is 0 Å². The van der Waals surface area contributed by atoms with Gasteiger partial charge in [0.15, 0.2) is 16.5 Å². The van der Waals surface area contributed by atoms with Crippen LogP contribution in [0.3, 0.4) is 0 Å². The highest BCUT2D eigenvalue weighted by molar-refractivity contribution is 7.80. The van der Waals surface area contributed by atoms with Crippen LogP contribution in [0, 0.1) is 5.82 Å². The maximum absolute atomic E-state index is 13.5. The Morgan fingerprint density at radius 1 is 1.19 bits per heavy atom. The predicted octanol–water partition coefficient (Wildman–Crippen LogP) is 4.43. The second kappa shape index (κ2) is 5.67. The quantitative estimate of drug-likeness (QED) is 0.684. The minimum absolute atomic E-state index is 0.213. The zero-order valence-electron chi connectivity index (χ0n) is 10.6. The van der Waals surface area contributed by atoms with Crippen LogP contribution >= 0.6 is 23.8 Å². The maximum Gasteiger partial charge on any atom is 0.183 e. The largest absolute Gasteiger partial charge is 0.354 e. The summed E-state index contributed by atoms with van der Waals surface area (Å²) in [6.45, 7) is 0. The minimum atomic E-state index is -0.390. The number of benzene rings is 2. The first-order chi connectivity index (χ1) is 10.1. The summed E-state index contributed by atoms with van der Waals surface area (Å²) < 4.78 is 18.7. The molecule has 0 bridgehead atoms. The van der Waals surface area contributed by atoms with Gasteiger partial charge in [-0.25, -0.2) is 4.39 Å². The van der Waals surface area contributed by atoms with Gasteiger partial charge in [-0.2, -0.15) is 0 Å². The zero-order valence-corrected chi connectivity index (χ0v) is 12.1. The topological polar surface area (TPSA) is 50.1 Å². The van der Waals surface area contributed by atoms with Crippen LogP contribution in [0.5, 0.6) is 0 Å². The van der Waals surface area contributed by atoms with Crippen LogP contribution in [-0.2, 0) is 0 Å². The molecule has 4 nitrogen and oxygen atoms in total. The van der Waals surface area contributed by atoms with E-state index in [1.165, 1.54) is 6.07 Å². The van der Waals surface area contributed by atoms with Crippen LogP contribution in [-0.4, -0.2) is 10.3 Å². The van der Waals surface area contributed by atoms with Crippen molar-refractivity contribution in [2.24, 2.45) is 0 Å². The molecule has 3 rings (SSSR count). The van der Waals surface area contributed by atoms with Gasteiger partial charge >= 0.3 is 0 Å². The van der Waals surface area contributed by atoms with E-state index < -0.39 is 5.82 Å². The fourth-order valence-electron chi connectivity index (χ4n) is 1.83. The molecule has 2 N–H and O–H groups in total. The van der Waals surface area contributed by atoms with Crippen LogP contribution in [0.2, 0.25) is 5.02 Å². The highest BCUT2D eigenvalue weighted by Crippen LogP contribution is 2.25. The van der Waals surface area contributed by atoms with Crippen molar-refractivity contribution in [3.05, 3.63) is 53.3 Å². The lowest BCUT2D eigenvalue weighted by atomic mass is 10.2. The van der Waals surface area contributed by atoms with Crippen molar-refractivity contribution >= 4 is 51.4 Å². The summed E-state index contributed by atoms with van der Waals surface area (Å²) in [5, 5.41) is 11.0. The summed E-state index contributed by atoms with van der Waals surface area (Å²) in [6.07, 6.45) is 0. The third kappa shape index (κ3) is 2.96. The molecular formula is C14H9ClFN3OS. The number of hydrogen-bond donors (Lipinski definition) is 2. The van der Waals surface area contributed by atoms with Gasteiger partial charge in [0.25, 0.3) is 0 Å². The SMILES string of the molecule is Fc1ccccc1NC(=S)Nc1noc2cc(Cl)ccc12. The predicted molar refractivity (Wildman–Crippen MR) is 85.3 cm³/mol. The van der Waals surface area contributed by atoms with Gasteiger partial charge in [-0.05, 0) is 36.5 Å². The highest BCUT2D eigenvalue weighted by Gasteiger charge is 2.10. The molecule has 1 aromatic heterocycles. The molecule has 0 saturated heterocycles. The van der Waals surface area contributed by atoms with Crippen molar-refractivity contribution in [1.82, 2.24) is 5.16 Å². The molecule has 0 amide bonds. The number of nitrogens with one attached hydrogen (secondary N) is 2. The van der Waals surface area contributed by atoms with Crippen molar-refractivity contribution in [2.75, 3.05) is 10.6 Å². The monoisotopic (exact) mass is 321 g/mol. The van der Waals surface area contributed by atoms with Crippen LogP contribution in [0.1, 0.15) is 0 Å². The average molecular weight is 322 g/mol. The number of nitrogens with zero attached hydrogens (tertiary/aromatic N) is 1. The number of halogens is 2. The fourth-order valence-corrected chi connectivity index (χ4v) is 2.19. The van der Waals surface area contributed by atoms with E-state index >= 15 is 0 Å². The van der Waals surface area contributed by atoms with Crippen LogP contribution in [0.25, 0.3) is 11.0 Å². The number of rotatable bonds is 2. The number of para-hydroxylation sites is 1. The lowest BCUT2D eigenvalue weighted by Gasteiger charge is -2.09. The third-order valence-corrected chi connectivity index (χ3v) is 3.23. The lowest BCUT2D eigenvalue weighted by Crippen LogP contribution is -2.20. The zero-order chi connectivity index (χ0) is 14.8. The Kier molecular flexibility index (Phi) is 3.72. The Hall–Kier alpha value is -2.18. The summed E-state index contributed by atoms with van der Waals surface area (Å²) in [5.74, 6) is 0.0500. The molecule has 1 heterocycles. The Bertz CT molecular complexity index is 821.